The number of benzene rings is 1. The van der Waals surface area contributed by atoms with Gasteiger partial charge < -0.3 is 4.98 Å². The summed E-state index contributed by atoms with van der Waals surface area (Å²) >= 11 is 0. The number of hydrogen-bond donors (Lipinski definition) is 1. The third-order valence-corrected chi connectivity index (χ3v) is 2.58. The molecule has 0 spiro atoms. The van der Waals surface area contributed by atoms with Crippen molar-refractivity contribution in [3.05, 3.63) is 42.2 Å². The van der Waals surface area contributed by atoms with Gasteiger partial charge in [0.15, 0.2) is 6.29 Å². The van der Waals surface area contributed by atoms with Crippen LogP contribution in [0, 0.1) is 0 Å². The second-order valence-corrected chi connectivity index (χ2v) is 3.43. The Morgan fingerprint density at radius 3 is 3.07 bits per heavy atom. The highest BCUT2D eigenvalue weighted by molar-refractivity contribution is 6.08. The van der Waals surface area contributed by atoms with E-state index in [0.717, 1.165) is 28.1 Å². The van der Waals surface area contributed by atoms with Crippen LogP contribution >= 0.6 is 0 Å². The van der Waals surface area contributed by atoms with Crippen LogP contribution in [0.4, 0.5) is 0 Å². The van der Waals surface area contributed by atoms with Crippen LogP contribution in [0.2, 0.25) is 0 Å². The first kappa shape index (κ1) is 8.17. The summed E-state index contributed by atoms with van der Waals surface area (Å²) in [6, 6.07) is 7.88. The van der Waals surface area contributed by atoms with Crippen molar-refractivity contribution in [1.82, 2.24) is 9.97 Å². The van der Waals surface area contributed by atoms with Crippen molar-refractivity contribution in [2.45, 2.75) is 0 Å². The van der Waals surface area contributed by atoms with Gasteiger partial charge in [-0.1, -0.05) is 18.2 Å². The Morgan fingerprint density at radius 2 is 2.20 bits per heavy atom. The van der Waals surface area contributed by atoms with Gasteiger partial charge in [-0.15, -0.1) is 0 Å². The van der Waals surface area contributed by atoms with Crippen molar-refractivity contribution in [2.24, 2.45) is 0 Å². The molecular formula is C12H8N2O. The third kappa shape index (κ3) is 1.06. The zero-order chi connectivity index (χ0) is 10.3. The number of carbonyl (C=O) groups excluding carboxylic acids is 1. The molecule has 3 heteroatoms. The van der Waals surface area contributed by atoms with Crippen molar-refractivity contribution >= 4 is 28.1 Å². The van der Waals surface area contributed by atoms with E-state index in [0.29, 0.717) is 5.56 Å². The summed E-state index contributed by atoms with van der Waals surface area (Å²) in [6.07, 6.45) is 4.30. The number of aromatic amines is 1. The molecule has 0 saturated carbocycles. The second-order valence-electron chi connectivity index (χ2n) is 3.43. The average Bonchev–Trinajstić information content (AvgIpc) is 2.72. The standard InChI is InChI=1S/C12H8N2O/c15-7-9-6-14-12-10(9)4-3-8-2-1-5-13-11(8)12/h1-7,13H. The van der Waals surface area contributed by atoms with Gasteiger partial charge in [0.1, 0.15) is 0 Å². The molecular weight excluding hydrogens is 188 g/mol. The number of pyridine rings is 1. The maximum Gasteiger partial charge on any atom is 0.152 e. The highest BCUT2D eigenvalue weighted by Gasteiger charge is 2.06. The summed E-state index contributed by atoms with van der Waals surface area (Å²) in [4.78, 5) is 18.2. The number of aromatic nitrogens is 2. The summed E-state index contributed by atoms with van der Waals surface area (Å²) < 4.78 is 0. The molecule has 1 N–H and O–H groups in total. The monoisotopic (exact) mass is 196 g/mol. The molecule has 1 aromatic carbocycles. The minimum atomic E-state index is 0.643. The van der Waals surface area contributed by atoms with Crippen LogP contribution in [0.15, 0.2) is 36.7 Å². The van der Waals surface area contributed by atoms with Gasteiger partial charge in [0.05, 0.1) is 11.0 Å². The zero-order valence-corrected chi connectivity index (χ0v) is 7.90. The Bertz CT molecular complexity index is 655. The van der Waals surface area contributed by atoms with E-state index >= 15 is 0 Å². The van der Waals surface area contributed by atoms with E-state index in [4.69, 9.17) is 0 Å². The summed E-state index contributed by atoms with van der Waals surface area (Å²) in [5.41, 5.74) is 2.47. The fourth-order valence-corrected chi connectivity index (χ4v) is 1.85. The van der Waals surface area contributed by atoms with Gasteiger partial charge >= 0.3 is 0 Å². The molecule has 0 aliphatic carbocycles. The highest BCUT2D eigenvalue weighted by Crippen LogP contribution is 2.24. The Hall–Kier alpha value is -2.16. The van der Waals surface area contributed by atoms with E-state index in [1.807, 2.05) is 30.5 Å². The van der Waals surface area contributed by atoms with Crippen molar-refractivity contribution in [3.8, 4) is 0 Å². The topological polar surface area (TPSA) is 45.8 Å². The Morgan fingerprint density at radius 1 is 1.27 bits per heavy atom. The van der Waals surface area contributed by atoms with Crippen molar-refractivity contribution in [2.75, 3.05) is 0 Å². The van der Waals surface area contributed by atoms with E-state index in [1.54, 1.807) is 6.20 Å². The van der Waals surface area contributed by atoms with Gasteiger partial charge in [0.25, 0.3) is 0 Å². The number of rotatable bonds is 1. The first-order chi connectivity index (χ1) is 7.40. The molecule has 3 rings (SSSR count). The number of nitrogens with zero attached hydrogens (tertiary/aromatic N) is 1. The van der Waals surface area contributed by atoms with E-state index in [1.165, 1.54) is 0 Å². The average molecular weight is 196 g/mol. The summed E-state index contributed by atoms with van der Waals surface area (Å²) in [5.74, 6) is 0. The maximum absolute atomic E-state index is 10.8. The SMILES string of the molecule is O=Cc1cnc2c1ccc1ccc[nH]c12. The van der Waals surface area contributed by atoms with Crippen LogP contribution in [0.5, 0.6) is 0 Å². The fourth-order valence-electron chi connectivity index (χ4n) is 1.85. The summed E-state index contributed by atoms with van der Waals surface area (Å²) in [7, 11) is 0. The van der Waals surface area contributed by atoms with Crippen LogP contribution in [-0.2, 0) is 0 Å². The smallest absolute Gasteiger partial charge is 0.152 e. The van der Waals surface area contributed by atoms with Crippen LogP contribution < -0.4 is 0 Å². The lowest BCUT2D eigenvalue weighted by Gasteiger charge is -1.98. The summed E-state index contributed by atoms with van der Waals surface area (Å²) in [5, 5.41) is 2.00. The van der Waals surface area contributed by atoms with Crippen molar-refractivity contribution in [1.29, 1.82) is 0 Å². The molecule has 0 amide bonds. The van der Waals surface area contributed by atoms with Gasteiger partial charge in [0.2, 0.25) is 0 Å². The molecule has 0 unspecified atom stereocenters. The number of H-pyrrole nitrogens is 1. The molecule has 15 heavy (non-hydrogen) atoms. The molecule has 0 fully saturated rings. The van der Waals surface area contributed by atoms with Crippen LogP contribution in [0.1, 0.15) is 10.4 Å². The Labute approximate surface area is 85.8 Å². The van der Waals surface area contributed by atoms with Gasteiger partial charge in [-0.25, -0.2) is 0 Å². The normalized spacial score (nSPS) is 10.9. The van der Waals surface area contributed by atoms with Gasteiger partial charge in [-0.2, -0.15) is 0 Å². The minimum Gasteiger partial charge on any atom is -0.359 e. The van der Waals surface area contributed by atoms with Crippen LogP contribution in [0.25, 0.3) is 21.8 Å². The fraction of sp³-hybridized carbons (Fsp3) is 0. The quantitative estimate of drug-likeness (QED) is 0.608. The van der Waals surface area contributed by atoms with E-state index in [-0.39, 0.29) is 0 Å². The second kappa shape index (κ2) is 2.92. The van der Waals surface area contributed by atoms with Gasteiger partial charge in [-0.3, -0.25) is 9.78 Å². The predicted octanol–water partition coefficient (Wildman–Crippen LogP) is 2.53. The Kier molecular flexibility index (Phi) is 1.59. The van der Waals surface area contributed by atoms with Gasteiger partial charge in [0, 0.05) is 28.7 Å². The van der Waals surface area contributed by atoms with Crippen molar-refractivity contribution < 1.29 is 4.79 Å². The molecule has 0 atom stereocenters. The van der Waals surface area contributed by atoms with Gasteiger partial charge in [-0.05, 0) is 6.07 Å². The van der Waals surface area contributed by atoms with Crippen molar-refractivity contribution in [3.63, 3.8) is 0 Å². The molecule has 0 radical (unpaired) electrons. The highest BCUT2D eigenvalue weighted by atomic mass is 16.1. The van der Waals surface area contributed by atoms with E-state index < -0.39 is 0 Å². The molecule has 72 valence electrons. The lowest BCUT2D eigenvalue weighted by molar-refractivity contribution is 0.112. The Balaban J connectivity index is 2.55. The molecule has 3 aromatic rings. The zero-order valence-electron chi connectivity index (χ0n) is 7.90. The van der Waals surface area contributed by atoms with E-state index in [9.17, 15) is 4.79 Å². The summed E-state index contributed by atoms with van der Waals surface area (Å²) in [6.45, 7) is 0. The van der Waals surface area contributed by atoms with Crippen LogP contribution in [0.3, 0.4) is 0 Å². The largest absolute Gasteiger partial charge is 0.359 e. The number of nitrogens with one attached hydrogen (secondary N) is 1. The molecule has 2 aromatic heterocycles. The molecule has 0 saturated heterocycles. The molecule has 3 nitrogen and oxygen atoms in total. The number of hydrogen-bond acceptors (Lipinski definition) is 2. The van der Waals surface area contributed by atoms with Crippen LogP contribution in [-0.4, -0.2) is 16.3 Å². The maximum atomic E-state index is 10.8. The van der Waals surface area contributed by atoms with E-state index in [2.05, 4.69) is 9.97 Å². The third-order valence-electron chi connectivity index (χ3n) is 2.58. The predicted molar refractivity (Wildman–Crippen MR) is 59.0 cm³/mol. The molecule has 2 heterocycles. The lowest BCUT2D eigenvalue weighted by Crippen LogP contribution is -1.80. The molecule has 0 bridgehead atoms. The lowest BCUT2D eigenvalue weighted by atomic mass is 10.1. The minimum absolute atomic E-state index is 0.643. The molecule has 0 aliphatic rings. The first-order valence-electron chi connectivity index (χ1n) is 4.70. The number of fused-ring (bicyclic) bond motifs is 3. The molecule has 0 aliphatic heterocycles. The first-order valence-corrected chi connectivity index (χ1v) is 4.70. The number of aldehydes is 1. The number of carbonyl (C=O) groups is 1.